The van der Waals surface area contributed by atoms with Gasteiger partial charge in [-0.15, -0.1) is 0 Å². The molecule has 1 aromatic carbocycles. The molecule has 0 heterocycles. The first-order valence-corrected chi connectivity index (χ1v) is 5.88. The lowest BCUT2D eigenvalue weighted by Gasteiger charge is -2.28. The summed E-state index contributed by atoms with van der Waals surface area (Å²) in [5.41, 5.74) is 1.35. The lowest BCUT2D eigenvalue weighted by Crippen LogP contribution is -2.31. The zero-order valence-electron chi connectivity index (χ0n) is 11.0. The topological polar surface area (TPSA) is 21.3 Å². The lowest BCUT2D eigenvalue weighted by molar-refractivity contribution is 0.235. The van der Waals surface area contributed by atoms with Gasteiger partial charge in [-0.25, -0.2) is 0 Å². The van der Waals surface area contributed by atoms with E-state index in [1.807, 2.05) is 19.2 Å². The second-order valence-electron chi connectivity index (χ2n) is 5.08. The van der Waals surface area contributed by atoms with Gasteiger partial charge in [0.2, 0.25) is 0 Å². The monoisotopic (exact) mass is 221 g/mol. The van der Waals surface area contributed by atoms with Gasteiger partial charge in [-0.3, -0.25) is 0 Å². The summed E-state index contributed by atoms with van der Waals surface area (Å²) in [6, 6.07) is 8.29. The van der Waals surface area contributed by atoms with Crippen molar-refractivity contribution in [1.29, 1.82) is 0 Å². The van der Waals surface area contributed by atoms with Crippen molar-refractivity contribution in [3.63, 3.8) is 0 Å². The van der Waals surface area contributed by atoms with Crippen LogP contribution in [-0.4, -0.2) is 19.7 Å². The number of likely N-dealkylation sites (N-methyl/N-ethyl adjacent to an activating group) is 1. The minimum absolute atomic E-state index is 0.0836. The van der Waals surface area contributed by atoms with Crippen molar-refractivity contribution >= 4 is 0 Å². The maximum atomic E-state index is 5.85. The van der Waals surface area contributed by atoms with Gasteiger partial charge in [-0.2, -0.15) is 0 Å². The van der Waals surface area contributed by atoms with Crippen molar-refractivity contribution < 1.29 is 4.74 Å². The molecule has 1 N–H and O–H groups in total. The number of nitrogens with one attached hydrogen (secondary N) is 1. The Morgan fingerprint density at radius 1 is 1.25 bits per heavy atom. The fourth-order valence-corrected chi connectivity index (χ4v) is 1.92. The average Bonchev–Trinajstić information content (AvgIpc) is 2.17. The number of ether oxygens (including phenoxy) is 1. The Morgan fingerprint density at radius 3 is 2.44 bits per heavy atom. The predicted octanol–water partition coefficient (Wildman–Crippen LogP) is 2.97. The zero-order chi connectivity index (χ0) is 12.2. The fraction of sp³-hybridized carbons (Fsp3) is 0.571. The Bertz CT molecular complexity index is 331. The van der Waals surface area contributed by atoms with E-state index in [-0.39, 0.29) is 11.5 Å². The molecule has 0 unspecified atom stereocenters. The number of benzene rings is 1. The van der Waals surface area contributed by atoms with Gasteiger partial charge >= 0.3 is 0 Å². The maximum Gasteiger partial charge on any atom is 0.123 e. The highest BCUT2D eigenvalue weighted by molar-refractivity contribution is 5.39. The summed E-state index contributed by atoms with van der Waals surface area (Å²) < 4.78 is 5.85. The molecule has 0 fully saturated rings. The molecule has 1 rings (SSSR count). The van der Waals surface area contributed by atoms with E-state index in [4.69, 9.17) is 4.74 Å². The molecule has 2 heteroatoms. The molecule has 90 valence electrons. The van der Waals surface area contributed by atoms with E-state index in [2.05, 4.69) is 45.1 Å². The maximum absolute atomic E-state index is 5.85. The Kier molecular flexibility index (Phi) is 4.36. The third kappa shape index (κ3) is 3.24. The SMILES string of the molecule is CNCC(C)(C)c1ccccc1OC(C)C. The summed E-state index contributed by atoms with van der Waals surface area (Å²) in [4.78, 5) is 0. The van der Waals surface area contributed by atoms with Gasteiger partial charge < -0.3 is 10.1 Å². The molecule has 0 aliphatic heterocycles. The van der Waals surface area contributed by atoms with Crippen molar-refractivity contribution in [3.8, 4) is 5.75 Å². The zero-order valence-corrected chi connectivity index (χ0v) is 11.0. The van der Waals surface area contributed by atoms with Crippen molar-refractivity contribution in [1.82, 2.24) is 5.32 Å². The van der Waals surface area contributed by atoms with Crippen LogP contribution in [0.3, 0.4) is 0 Å². The highest BCUT2D eigenvalue weighted by Gasteiger charge is 2.23. The second kappa shape index (κ2) is 5.35. The number of hydrogen-bond donors (Lipinski definition) is 1. The van der Waals surface area contributed by atoms with E-state index in [0.717, 1.165) is 12.3 Å². The lowest BCUT2D eigenvalue weighted by atomic mass is 9.84. The Balaban J connectivity index is 3.02. The molecule has 0 amide bonds. The fourth-order valence-electron chi connectivity index (χ4n) is 1.92. The number of hydrogen-bond acceptors (Lipinski definition) is 2. The van der Waals surface area contributed by atoms with E-state index < -0.39 is 0 Å². The summed E-state index contributed by atoms with van der Waals surface area (Å²) in [5, 5.41) is 3.23. The third-order valence-corrected chi connectivity index (χ3v) is 2.60. The number of para-hydroxylation sites is 1. The standard InChI is InChI=1S/C14H23NO/c1-11(2)16-13-9-7-6-8-12(13)14(3,4)10-15-5/h6-9,11,15H,10H2,1-5H3. The van der Waals surface area contributed by atoms with Gasteiger partial charge in [0.25, 0.3) is 0 Å². The van der Waals surface area contributed by atoms with Crippen LogP contribution in [0.2, 0.25) is 0 Å². The molecule has 16 heavy (non-hydrogen) atoms. The first kappa shape index (κ1) is 13.0. The van der Waals surface area contributed by atoms with Crippen LogP contribution in [0, 0.1) is 0 Å². The summed E-state index contributed by atoms with van der Waals surface area (Å²) in [5.74, 6) is 0.998. The summed E-state index contributed by atoms with van der Waals surface area (Å²) in [6.07, 6.45) is 0.214. The van der Waals surface area contributed by atoms with E-state index in [1.54, 1.807) is 0 Å². The largest absolute Gasteiger partial charge is 0.491 e. The minimum Gasteiger partial charge on any atom is -0.491 e. The Hall–Kier alpha value is -1.02. The summed E-state index contributed by atoms with van der Waals surface area (Å²) in [6.45, 7) is 9.51. The molecular formula is C14H23NO. The molecule has 0 saturated heterocycles. The van der Waals surface area contributed by atoms with Crippen molar-refractivity contribution in [2.75, 3.05) is 13.6 Å². The first-order valence-electron chi connectivity index (χ1n) is 5.88. The smallest absolute Gasteiger partial charge is 0.123 e. The average molecular weight is 221 g/mol. The molecule has 0 atom stereocenters. The van der Waals surface area contributed by atoms with Gasteiger partial charge in [0.1, 0.15) is 5.75 Å². The molecular weight excluding hydrogens is 198 g/mol. The van der Waals surface area contributed by atoms with Crippen molar-refractivity contribution in [2.45, 2.75) is 39.2 Å². The molecule has 0 radical (unpaired) electrons. The Morgan fingerprint density at radius 2 is 1.88 bits per heavy atom. The van der Waals surface area contributed by atoms with E-state index >= 15 is 0 Å². The van der Waals surface area contributed by atoms with Crippen LogP contribution in [0.5, 0.6) is 5.75 Å². The molecule has 0 saturated carbocycles. The van der Waals surface area contributed by atoms with Gasteiger partial charge in [0, 0.05) is 17.5 Å². The molecule has 0 bridgehead atoms. The van der Waals surface area contributed by atoms with Crippen molar-refractivity contribution in [2.24, 2.45) is 0 Å². The van der Waals surface area contributed by atoms with E-state index in [1.165, 1.54) is 5.56 Å². The van der Waals surface area contributed by atoms with E-state index in [9.17, 15) is 0 Å². The van der Waals surface area contributed by atoms with Crippen LogP contribution in [0.15, 0.2) is 24.3 Å². The quantitative estimate of drug-likeness (QED) is 0.825. The highest BCUT2D eigenvalue weighted by atomic mass is 16.5. The van der Waals surface area contributed by atoms with Crippen LogP contribution in [0.1, 0.15) is 33.3 Å². The van der Waals surface area contributed by atoms with Crippen LogP contribution in [0.4, 0.5) is 0 Å². The van der Waals surface area contributed by atoms with Crippen LogP contribution >= 0.6 is 0 Å². The third-order valence-electron chi connectivity index (χ3n) is 2.60. The van der Waals surface area contributed by atoms with Crippen LogP contribution in [-0.2, 0) is 5.41 Å². The predicted molar refractivity (Wildman–Crippen MR) is 69.2 cm³/mol. The number of rotatable bonds is 5. The second-order valence-corrected chi connectivity index (χ2v) is 5.08. The van der Waals surface area contributed by atoms with Crippen LogP contribution in [0.25, 0.3) is 0 Å². The van der Waals surface area contributed by atoms with Crippen molar-refractivity contribution in [3.05, 3.63) is 29.8 Å². The molecule has 2 nitrogen and oxygen atoms in total. The van der Waals surface area contributed by atoms with Gasteiger partial charge in [-0.05, 0) is 27.0 Å². The van der Waals surface area contributed by atoms with E-state index in [0.29, 0.717) is 0 Å². The summed E-state index contributed by atoms with van der Waals surface area (Å²) in [7, 11) is 1.98. The summed E-state index contributed by atoms with van der Waals surface area (Å²) >= 11 is 0. The van der Waals surface area contributed by atoms with Gasteiger partial charge in [-0.1, -0.05) is 32.0 Å². The normalized spacial score (nSPS) is 11.9. The molecule has 0 aromatic heterocycles. The highest BCUT2D eigenvalue weighted by Crippen LogP contribution is 2.31. The minimum atomic E-state index is 0.0836. The molecule has 0 aliphatic carbocycles. The molecule has 0 spiro atoms. The molecule has 1 aromatic rings. The van der Waals surface area contributed by atoms with Gasteiger partial charge in [0.05, 0.1) is 6.10 Å². The van der Waals surface area contributed by atoms with Crippen LogP contribution < -0.4 is 10.1 Å². The Labute approximate surface area is 99.0 Å². The molecule has 0 aliphatic rings. The first-order chi connectivity index (χ1) is 7.47. The van der Waals surface area contributed by atoms with Gasteiger partial charge in [0.15, 0.2) is 0 Å².